The van der Waals surface area contributed by atoms with Gasteiger partial charge < -0.3 is 15.2 Å². The predicted molar refractivity (Wildman–Crippen MR) is 165 cm³/mol. The third kappa shape index (κ3) is 4.54. The van der Waals surface area contributed by atoms with Crippen LogP contribution in [0.25, 0.3) is 21.1 Å². The summed E-state index contributed by atoms with van der Waals surface area (Å²) in [6.45, 7) is 2.83. The van der Waals surface area contributed by atoms with Gasteiger partial charge in [-0.05, 0) is 67.3 Å². The Morgan fingerprint density at radius 1 is 0.975 bits per heavy atom. The number of likely N-dealkylation sites (tertiary alicyclic amines) is 1. The number of fused-ring (bicyclic) bond motifs is 2. The molecule has 1 atom stereocenters. The molecule has 6 aromatic rings. The number of hydrogen-bond acceptors (Lipinski definition) is 4. The lowest BCUT2D eigenvalue weighted by Crippen LogP contribution is -2.39. The van der Waals surface area contributed by atoms with E-state index in [1.54, 1.807) is 0 Å². The summed E-state index contributed by atoms with van der Waals surface area (Å²) in [5.74, 6) is 0.225. The Morgan fingerprint density at radius 2 is 1.73 bits per heavy atom. The van der Waals surface area contributed by atoms with Gasteiger partial charge in [0, 0.05) is 47.0 Å². The van der Waals surface area contributed by atoms with E-state index in [2.05, 4.69) is 112 Å². The molecule has 3 aromatic carbocycles. The van der Waals surface area contributed by atoms with Gasteiger partial charge in [0.2, 0.25) is 0 Å². The van der Waals surface area contributed by atoms with Crippen LogP contribution < -0.4 is 5.32 Å². The molecule has 1 aliphatic heterocycles. The van der Waals surface area contributed by atoms with E-state index < -0.39 is 0 Å². The summed E-state index contributed by atoms with van der Waals surface area (Å²) in [5, 5.41) is 4.74. The molecule has 40 heavy (non-hydrogen) atoms. The molecule has 0 radical (unpaired) electrons. The van der Waals surface area contributed by atoms with Crippen LogP contribution in [0.3, 0.4) is 0 Å². The largest absolute Gasteiger partial charge is 0.359 e. The minimum atomic E-state index is 0.0949. The highest BCUT2D eigenvalue weighted by Gasteiger charge is 2.37. The molecule has 0 aliphatic carbocycles. The van der Waals surface area contributed by atoms with E-state index in [0.29, 0.717) is 0 Å². The number of hydrogen-bond donors (Lipinski definition) is 2. The van der Waals surface area contributed by atoms with Crippen molar-refractivity contribution in [3.05, 3.63) is 125 Å². The summed E-state index contributed by atoms with van der Waals surface area (Å²) < 4.78 is 0.995. The molecular formula is C34H30N4OS. The van der Waals surface area contributed by atoms with E-state index in [-0.39, 0.29) is 17.9 Å². The molecule has 0 bridgehead atoms. The maximum Gasteiger partial charge on any atom is 0.264 e. The molecule has 1 amide bonds. The highest BCUT2D eigenvalue weighted by molar-refractivity contribution is 7.21. The molecule has 1 unspecified atom stereocenters. The molecular weight excluding hydrogens is 512 g/mol. The van der Waals surface area contributed by atoms with Crippen molar-refractivity contribution in [3.63, 3.8) is 0 Å². The first-order valence-corrected chi connectivity index (χ1v) is 14.6. The van der Waals surface area contributed by atoms with Gasteiger partial charge in [0.25, 0.3) is 5.91 Å². The van der Waals surface area contributed by atoms with Crippen molar-refractivity contribution < 1.29 is 4.79 Å². The van der Waals surface area contributed by atoms with E-state index in [9.17, 15) is 4.79 Å². The van der Waals surface area contributed by atoms with Gasteiger partial charge in [-0.25, -0.2) is 0 Å². The van der Waals surface area contributed by atoms with Crippen molar-refractivity contribution >= 4 is 49.7 Å². The maximum atomic E-state index is 14.1. The number of benzene rings is 3. The van der Waals surface area contributed by atoms with Crippen molar-refractivity contribution in [1.29, 1.82) is 0 Å². The van der Waals surface area contributed by atoms with Gasteiger partial charge in [0.05, 0.1) is 20.8 Å². The van der Waals surface area contributed by atoms with Gasteiger partial charge in [-0.2, -0.15) is 0 Å². The fourth-order valence-electron chi connectivity index (χ4n) is 6.14. The van der Waals surface area contributed by atoms with Crippen molar-refractivity contribution in [2.45, 2.75) is 31.7 Å². The maximum absolute atomic E-state index is 14.1. The zero-order chi connectivity index (χ0) is 27.1. The van der Waals surface area contributed by atoms with Crippen LogP contribution in [-0.2, 0) is 0 Å². The number of carbonyl (C=O) groups is 1. The number of rotatable bonds is 6. The van der Waals surface area contributed by atoms with Crippen LogP contribution >= 0.6 is 11.3 Å². The van der Waals surface area contributed by atoms with Gasteiger partial charge in [-0.1, -0.05) is 60.7 Å². The monoisotopic (exact) mass is 542 g/mol. The average Bonchev–Trinajstić information content (AvgIpc) is 3.72. The average molecular weight is 543 g/mol. The number of aromatic amines is 1. The van der Waals surface area contributed by atoms with E-state index in [0.717, 1.165) is 57.1 Å². The Balaban J connectivity index is 1.21. The molecule has 1 saturated heterocycles. The Labute approximate surface area is 237 Å². The first-order chi connectivity index (χ1) is 19.6. The first-order valence-electron chi connectivity index (χ1n) is 13.8. The van der Waals surface area contributed by atoms with Crippen LogP contribution in [0, 0.1) is 6.92 Å². The number of H-pyrrole nitrogens is 1. The van der Waals surface area contributed by atoms with Crippen molar-refractivity contribution in [1.82, 2.24) is 14.9 Å². The highest BCUT2D eigenvalue weighted by atomic mass is 32.1. The van der Waals surface area contributed by atoms with Crippen LogP contribution in [0.1, 0.15) is 45.3 Å². The zero-order valence-corrected chi connectivity index (χ0v) is 23.1. The van der Waals surface area contributed by atoms with E-state index in [1.165, 1.54) is 27.8 Å². The van der Waals surface area contributed by atoms with Gasteiger partial charge >= 0.3 is 0 Å². The summed E-state index contributed by atoms with van der Waals surface area (Å²) in [6, 6.07) is 33.7. The number of nitrogens with zero attached hydrogens (tertiary/aromatic N) is 2. The molecule has 6 heteroatoms. The van der Waals surface area contributed by atoms with Crippen LogP contribution in [0.4, 0.5) is 11.4 Å². The predicted octanol–water partition coefficient (Wildman–Crippen LogP) is 8.27. The summed E-state index contributed by atoms with van der Waals surface area (Å²) >= 11 is 1.53. The summed E-state index contributed by atoms with van der Waals surface area (Å²) in [7, 11) is 0. The second-order valence-corrected chi connectivity index (χ2v) is 11.6. The van der Waals surface area contributed by atoms with E-state index >= 15 is 0 Å². The molecule has 7 rings (SSSR count). The second-order valence-electron chi connectivity index (χ2n) is 10.6. The van der Waals surface area contributed by atoms with Crippen LogP contribution in [-0.4, -0.2) is 33.4 Å². The Morgan fingerprint density at radius 3 is 2.48 bits per heavy atom. The summed E-state index contributed by atoms with van der Waals surface area (Å²) in [4.78, 5) is 24.9. The normalized spacial score (nSPS) is 15.3. The Hall–Kier alpha value is -4.42. The standard InChI is InChI=1S/C34H30N4OS/c1-22-19-25-20-26(14-15-27(25)36-22)37-28-16-17-35-29-21-31(40-33(28)29)34(39)38-18-8-13-30(38)32(23-9-4-2-5-10-23)24-11-6-3-7-12-24/h2-7,9-12,14-17,19-21,30,32,36H,8,13,18H2,1H3,(H,35,37). The van der Waals surface area contributed by atoms with Gasteiger partial charge in [-0.15, -0.1) is 11.3 Å². The Kier molecular flexibility index (Phi) is 6.33. The van der Waals surface area contributed by atoms with E-state index in [1.807, 2.05) is 18.3 Å². The lowest BCUT2D eigenvalue weighted by molar-refractivity contribution is 0.0730. The minimum Gasteiger partial charge on any atom is -0.359 e. The van der Waals surface area contributed by atoms with Crippen LogP contribution in [0.2, 0.25) is 0 Å². The second kappa shape index (κ2) is 10.3. The number of aromatic nitrogens is 2. The SMILES string of the molecule is Cc1cc2cc(Nc3ccnc4cc(C(=O)N5CCCC5C(c5ccccc5)c5ccccc5)sc34)ccc2[nH]1. The topological polar surface area (TPSA) is 61.0 Å². The van der Waals surface area contributed by atoms with Gasteiger partial charge in [-0.3, -0.25) is 9.78 Å². The zero-order valence-electron chi connectivity index (χ0n) is 22.3. The lowest BCUT2D eigenvalue weighted by atomic mass is 9.84. The fourth-order valence-corrected chi connectivity index (χ4v) is 7.18. The van der Waals surface area contributed by atoms with Crippen molar-refractivity contribution in [3.8, 4) is 0 Å². The number of amides is 1. The third-order valence-corrected chi connectivity index (χ3v) is 9.06. The smallest absolute Gasteiger partial charge is 0.264 e. The molecule has 3 aromatic heterocycles. The molecule has 2 N–H and O–H groups in total. The third-order valence-electron chi connectivity index (χ3n) is 7.92. The first kappa shape index (κ1) is 24.6. The number of carbonyl (C=O) groups excluding carboxylic acids is 1. The number of thiophene rings is 1. The lowest BCUT2D eigenvalue weighted by Gasteiger charge is -2.32. The number of nitrogens with one attached hydrogen (secondary N) is 2. The summed E-state index contributed by atoms with van der Waals surface area (Å²) in [5.41, 5.74) is 7.57. The van der Waals surface area contributed by atoms with Crippen molar-refractivity contribution in [2.75, 3.05) is 11.9 Å². The molecule has 0 saturated carbocycles. The fraction of sp³-hybridized carbons (Fsp3) is 0.176. The van der Waals surface area contributed by atoms with Gasteiger partial charge in [0.1, 0.15) is 0 Å². The number of pyridine rings is 1. The quantitative estimate of drug-likeness (QED) is 0.223. The highest BCUT2D eigenvalue weighted by Crippen LogP contribution is 2.39. The van der Waals surface area contributed by atoms with Crippen LogP contribution in [0.5, 0.6) is 0 Å². The molecule has 5 nitrogen and oxygen atoms in total. The molecule has 1 fully saturated rings. The number of aryl methyl sites for hydroxylation is 1. The minimum absolute atomic E-state index is 0.0949. The molecule has 4 heterocycles. The molecule has 198 valence electrons. The molecule has 0 spiro atoms. The van der Waals surface area contributed by atoms with E-state index in [4.69, 9.17) is 0 Å². The number of anilines is 2. The Bertz CT molecular complexity index is 1770. The van der Waals surface area contributed by atoms with Crippen molar-refractivity contribution in [2.24, 2.45) is 0 Å². The summed E-state index contributed by atoms with van der Waals surface area (Å²) in [6.07, 6.45) is 3.80. The van der Waals surface area contributed by atoms with Gasteiger partial charge in [0.15, 0.2) is 0 Å². The van der Waals surface area contributed by atoms with Crippen LogP contribution in [0.15, 0.2) is 103 Å². The molecule has 1 aliphatic rings.